The molecule has 6 aromatic carbocycles. The number of para-hydroxylation sites is 2. The molecule has 0 aliphatic rings. The summed E-state index contributed by atoms with van der Waals surface area (Å²) in [5.41, 5.74) is 11.7. The molecule has 218 valence electrons. The van der Waals surface area contributed by atoms with Gasteiger partial charge in [0.1, 0.15) is 0 Å². The minimum atomic E-state index is 0.846. The number of aryl methyl sites for hydroxylation is 2. The average Bonchev–Trinajstić information content (AvgIpc) is 3.09. The maximum Gasteiger partial charge on any atom is 0.0462 e. The van der Waals surface area contributed by atoms with Crippen LogP contribution in [0.4, 0.5) is 34.1 Å². The SMILES string of the molecule is SCCc1ccc(N(c2ccccc2)c2ccc(-c3ccc(N(c4ccccc4)c4ccc(CCS)cc4)cc3)cc2)cc1. The molecular formula is C40H36N2S2. The minimum absolute atomic E-state index is 0.846. The van der Waals surface area contributed by atoms with Crippen molar-refractivity contribution in [3.63, 3.8) is 0 Å². The second kappa shape index (κ2) is 14.4. The highest BCUT2D eigenvalue weighted by Crippen LogP contribution is 2.38. The number of hydrogen-bond donors (Lipinski definition) is 2. The molecule has 4 heteroatoms. The van der Waals surface area contributed by atoms with E-state index in [0.29, 0.717) is 0 Å². The third-order valence-electron chi connectivity index (χ3n) is 7.80. The summed E-state index contributed by atoms with van der Waals surface area (Å²) in [5, 5.41) is 0. The van der Waals surface area contributed by atoms with Crippen LogP contribution in [0.25, 0.3) is 11.1 Å². The van der Waals surface area contributed by atoms with Gasteiger partial charge in [0.25, 0.3) is 0 Å². The summed E-state index contributed by atoms with van der Waals surface area (Å²) in [5.74, 6) is 1.69. The molecule has 0 saturated heterocycles. The van der Waals surface area contributed by atoms with E-state index in [2.05, 4.69) is 193 Å². The first-order valence-corrected chi connectivity index (χ1v) is 16.3. The van der Waals surface area contributed by atoms with E-state index in [1.165, 1.54) is 22.3 Å². The van der Waals surface area contributed by atoms with Crippen LogP contribution in [-0.4, -0.2) is 11.5 Å². The highest BCUT2D eigenvalue weighted by atomic mass is 32.1. The van der Waals surface area contributed by atoms with Crippen molar-refractivity contribution in [3.05, 3.63) is 169 Å². The molecule has 0 aromatic heterocycles. The molecule has 0 amide bonds. The summed E-state index contributed by atoms with van der Waals surface area (Å²) < 4.78 is 0. The van der Waals surface area contributed by atoms with Crippen LogP contribution in [0.3, 0.4) is 0 Å². The Balaban J connectivity index is 1.28. The largest absolute Gasteiger partial charge is 0.311 e. The number of nitrogens with zero attached hydrogens (tertiary/aromatic N) is 2. The van der Waals surface area contributed by atoms with Crippen molar-refractivity contribution in [3.8, 4) is 11.1 Å². The first-order chi connectivity index (χ1) is 21.7. The monoisotopic (exact) mass is 608 g/mol. The lowest BCUT2D eigenvalue weighted by molar-refractivity contribution is 1.16. The Morgan fingerprint density at radius 1 is 0.318 bits per heavy atom. The third-order valence-corrected chi connectivity index (χ3v) is 8.25. The number of thiol groups is 2. The van der Waals surface area contributed by atoms with Gasteiger partial charge in [0.05, 0.1) is 0 Å². The van der Waals surface area contributed by atoms with Gasteiger partial charge in [0, 0.05) is 34.1 Å². The fourth-order valence-corrected chi connectivity index (χ4v) is 6.05. The lowest BCUT2D eigenvalue weighted by atomic mass is 10.0. The second-order valence-corrected chi connectivity index (χ2v) is 11.6. The maximum absolute atomic E-state index is 4.40. The Kier molecular flexibility index (Phi) is 9.71. The predicted octanol–water partition coefficient (Wildman–Crippen LogP) is 11.2. The predicted molar refractivity (Wildman–Crippen MR) is 196 cm³/mol. The van der Waals surface area contributed by atoms with E-state index >= 15 is 0 Å². The van der Waals surface area contributed by atoms with Gasteiger partial charge in [-0.05, 0) is 119 Å². The first kappa shape index (κ1) is 29.7. The summed E-state index contributed by atoms with van der Waals surface area (Å²) in [6, 6.07) is 56.4. The van der Waals surface area contributed by atoms with Crippen LogP contribution in [0, 0.1) is 0 Å². The molecule has 0 radical (unpaired) electrons. The Morgan fingerprint density at radius 3 is 0.886 bits per heavy atom. The van der Waals surface area contributed by atoms with E-state index in [1.807, 2.05) is 0 Å². The van der Waals surface area contributed by atoms with Crippen molar-refractivity contribution in [2.45, 2.75) is 12.8 Å². The number of benzene rings is 6. The Morgan fingerprint density at radius 2 is 0.591 bits per heavy atom. The normalized spacial score (nSPS) is 10.9. The molecule has 0 atom stereocenters. The van der Waals surface area contributed by atoms with E-state index in [0.717, 1.165) is 58.5 Å². The van der Waals surface area contributed by atoms with E-state index in [9.17, 15) is 0 Å². The van der Waals surface area contributed by atoms with Crippen LogP contribution in [0.2, 0.25) is 0 Å². The molecule has 0 aliphatic carbocycles. The van der Waals surface area contributed by atoms with Crippen molar-refractivity contribution in [2.24, 2.45) is 0 Å². The van der Waals surface area contributed by atoms with Gasteiger partial charge >= 0.3 is 0 Å². The van der Waals surface area contributed by atoms with Crippen molar-refractivity contribution in [1.29, 1.82) is 0 Å². The molecule has 0 N–H and O–H groups in total. The van der Waals surface area contributed by atoms with Gasteiger partial charge in [-0.25, -0.2) is 0 Å². The molecular weight excluding hydrogens is 573 g/mol. The molecule has 44 heavy (non-hydrogen) atoms. The van der Waals surface area contributed by atoms with Gasteiger partial charge in [-0.1, -0.05) is 84.9 Å². The van der Waals surface area contributed by atoms with Crippen LogP contribution in [0.15, 0.2) is 158 Å². The van der Waals surface area contributed by atoms with Crippen molar-refractivity contribution in [2.75, 3.05) is 21.3 Å². The molecule has 0 bridgehead atoms. The standard InChI is InChI=1S/C40H36N2S2/c43-29-27-31-11-19-37(20-12-31)41(35-7-3-1-4-8-35)39-23-15-33(16-24-39)34-17-25-40(26-18-34)42(36-9-5-2-6-10-36)38-21-13-32(14-22-38)28-30-44/h1-26,43-44H,27-30H2. The maximum atomic E-state index is 4.40. The van der Waals surface area contributed by atoms with Crippen molar-refractivity contribution < 1.29 is 0 Å². The van der Waals surface area contributed by atoms with Gasteiger partial charge in [0.15, 0.2) is 0 Å². The number of hydrogen-bond acceptors (Lipinski definition) is 4. The van der Waals surface area contributed by atoms with Gasteiger partial charge in [-0.15, -0.1) is 0 Å². The van der Waals surface area contributed by atoms with E-state index in [4.69, 9.17) is 0 Å². The van der Waals surface area contributed by atoms with E-state index in [-0.39, 0.29) is 0 Å². The molecule has 0 aliphatic heterocycles. The molecule has 2 nitrogen and oxygen atoms in total. The lowest BCUT2D eigenvalue weighted by Crippen LogP contribution is -2.10. The summed E-state index contributed by atoms with van der Waals surface area (Å²) in [4.78, 5) is 4.60. The zero-order valence-electron chi connectivity index (χ0n) is 24.6. The zero-order chi connectivity index (χ0) is 30.1. The third kappa shape index (κ3) is 6.88. The lowest BCUT2D eigenvalue weighted by Gasteiger charge is -2.26. The number of rotatable bonds is 11. The molecule has 0 fully saturated rings. The van der Waals surface area contributed by atoms with E-state index < -0.39 is 0 Å². The topological polar surface area (TPSA) is 6.48 Å². The summed E-state index contributed by atoms with van der Waals surface area (Å²) >= 11 is 8.79. The van der Waals surface area contributed by atoms with Gasteiger partial charge in [0.2, 0.25) is 0 Å². The van der Waals surface area contributed by atoms with Crippen LogP contribution in [0.5, 0.6) is 0 Å². The van der Waals surface area contributed by atoms with Gasteiger partial charge < -0.3 is 9.80 Å². The van der Waals surface area contributed by atoms with Gasteiger partial charge in [-0.3, -0.25) is 0 Å². The van der Waals surface area contributed by atoms with Crippen molar-refractivity contribution in [1.82, 2.24) is 0 Å². The summed E-state index contributed by atoms with van der Waals surface area (Å²) in [6.07, 6.45) is 1.93. The molecule has 0 unspecified atom stereocenters. The molecule has 0 spiro atoms. The molecule has 6 aromatic rings. The minimum Gasteiger partial charge on any atom is -0.311 e. The smallest absolute Gasteiger partial charge is 0.0462 e. The Labute approximate surface area is 272 Å². The van der Waals surface area contributed by atoms with Crippen LogP contribution in [0.1, 0.15) is 11.1 Å². The molecule has 0 heterocycles. The fourth-order valence-electron chi connectivity index (χ4n) is 5.54. The van der Waals surface area contributed by atoms with Gasteiger partial charge in [-0.2, -0.15) is 25.3 Å². The van der Waals surface area contributed by atoms with Crippen LogP contribution < -0.4 is 9.80 Å². The quantitative estimate of drug-likeness (QED) is 0.141. The molecule has 6 rings (SSSR count). The van der Waals surface area contributed by atoms with Crippen LogP contribution in [-0.2, 0) is 12.8 Å². The Bertz CT molecular complexity index is 1600. The first-order valence-electron chi connectivity index (χ1n) is 15.0. The molecule has 0 saturated carbocycles. The van der Waals surface area contributed by atoms with E-state index in [1.54, 1.807) is 0 Å². The number of anilines is 6. The summed E-state index contributed by atoms with van der Waals surface area (Å²) in [7, 11) is 0. The fraction of sp³-hybridized carbons (Fsp3) is 0.100. The van der Waals surface area contributed by atoms with Crippen LogP contribution >= 0.6 is 25.3 Å². The zero-order valence-corrected chi connectivity index (χ0v) is 26.4. The summed E-state index contributed by atoms with van der Waals surface area (Å²) in [6.45, 7) is 0. The highest BCUT2D eigenvalue weighted by molar-refractivity contribution is 7.80. The average molecular weight is 609 g/mol. The highest BCUT2D eigenvalue weighted by Gasteiger charge is 2.14. The van der Waals surface area contributed by atoms with Crippen molar-refractivity contribution >= 4 is 59.4 Å². The Hall–Kier alpha value is -4.38. The second-order valence-electron chi connectivity index (χ2n) is 10.7.